The molecule has 0 bridgehead atoms. The van der Waals surface area contributed by atoms with Crippen molar-refractivity contribution in [1.29, 1.82) is 0 Å². The zero-order valence-electron chi connectivity index (χ0n) is 11.5. The first-order valence-electron chi connectivity index (χ1n) is 6.79. The summed E-state index contributed by atoms with van der Waals surface area (Å²) in [6, 6.07) is 0. The van der Waals surface area contributed by atoms with Crippen LogP contribution in [0.15, 0.2) is 6.33 Å². The maximum atomic E-state index is 6.25. The van der Waals surface area contributed by atoms with E-state index in [2.05, 4.69) is 35.8 Å². The third-order valence-corrected chi connectivity index (χ3v) is 4.13. The van der Waals surface area contributed by atoms with Gasteiger partial charge in [-0.2, -0.15) is 5.10 Å². The summed E-state index contributed by atoms with van der Waals surface area (Å²) in [5, 5.41) is 4.64. The number of hydrogen-bond donors (Lipinski definition) is 0. The molecule has 0 spiro atoms. The number of halogens is 1. The van der Waals surface area contributed by atoms with Gasteiger partial charge in [-0.25, -0.2) is 9.67 Å². The van der Waals surface area contributed by atoms with Gasteiger partial charge in [0.15, 0.2) is 0 Å². The molecule has 0 aliphatic carbocycles. The second-order valence-electron chi connectivity index (χ2n) is 5.77. The minimum atomic E-state index is 0.329. The topological polar surface area (TPSA) is 34.0 Å². The smallest absolute Gasteiger partial charge is 0.141 e. The predicted octanol–water partition coefficient (Wildman–Crippen LogP) is 2.38. The highest BCUT2D eigenvalue weighted by molar-refractivity contribution is 6.20. The van der Waals surface area contributed by atoms with Crippen LogP contribution in [0.4, 0.5) is 0 Å². The highest BCUT2D eigenvalue weighted by atomic mass is 35.5. The lowest BCUT2D eigenvalue weighted by molar-refractivity contribution is 0.172. The molecule has 2 unspecified atom stereocenters. The highest BCUT2D eigenvalue weighted by Crippen LogP contribution is 2.22. The van der Waals surface area contributed by atoms with E-state index in [0.717, 1.165) is 38.4 Å². The minimum Gasteiger partial charge on any atom is -0.296 e. The summed E-state index contributed by atoms with van der Waals surface area (Å²) in [7, 11) is 0. The van der Waals surface area contributed by atoms with Crippen LogP contribution < -0.4 is 0 Å². The maximum Gasteiger partial charge on any atom is 0.141 e. The quantitative estimate of drug-likeness (QED) is 0.788. The third-order valence-electron chi connectivity index (χ3n) is 3.48. The molecule has 1 aromatic rings. The Labute approximate surface area is 114 Å². The van der Waals surface area contributed by atoms with E-state index in [1.165, 1.54) is 0 Å². The SMILES string of the molecule is CC(C)Cn1ncnc1CN1CCC(Cl)C(C)C1. The number of aromatic nitrogens is 3. The van der Waals surface area contributed by atoms with Crippen LogP contribution >= 0.6 is 11.6 Å². The summed E-state index contributed by atoms with van der Waals surface area (Å²) in [5.41, 5.74) is 0. The van der Waals surface area contributed by atoms with Crippen LogP contribution in [0.2, 0.25) is 0 Å². The molecule has 102 valence electrons. The highest BCUT2D eigenvalue weighted by Gasteiger charge is 2.25. The molecule has 1 saturated heterocycles. The molecule has 0 aromatic carbocycles. The van der Waals surface area contributed by atoms with E-state index in [-0.39, 0.29) is 0 Å². The molecule has 1 aliphatic rings. The number of nitrogens with zero attached hydrogens (tertiary/aromatic N) is 4. The summed E-state index contributed by atoms with van der Waals surface area (Å²) in [6.45, 7) is 10.6. The normalized spacial score (nSPS) is 25.8. The van der Waals surface area contributed by atoms with Crippen molar-refractivity contribution in [2.45, 2.75) is 45.7 Å². The Bertz CT molecular complexity index is 377. The first-order chi connectivity index (χ1) is 8.56. The van der Waals surface area contributed by atoms with Crippen LogP contribution in [-0.4, -0.2) is 38.1 Å². The summed E-state index contributed by atoms with van der Waals surface area (Å²) >= 11 is 6.25. The Kier molecular flexibility index (Phi) is 4.62. The summed E-state index contributed by atoms with van der Waals surface area (Å²) < 4.78 is 2.03. The molecule has 2 heterocycles. The van der Waals surface area contributed by atoms with Crippen molar-refractivity contribution in [3.05, 3.63) is 12.2 Å². The van der Waals surface area contributed by atoms with E-state index in [1.54, 1.807) is 6.33 Å². The van der Waals surface area contributed by atoms with Gasteiger partial charge in [0, 0.05) is 25.0 Å². The average Bonchev–Trinajstić information content (AvgIpc) is 2.70. The maximum absolute atomic E-state index is 6.25. The standard InChI is InChI=1S/C13H23ClN4/c1-10(2)6-18-13(15-9-16-18)8-17-5-4-12(14)11(3)7-17/h9-12H,4-8H2,1-3H3. The van der Waals surface area contributed by atoms with E-state index in [1.807, 2.05) is 4.68 Å². The van der Waals surface area contributed by atoms with Gasteiger partial charge in [-0.3, -0.25) is 4.90 Å². The summed E-state index contributed by atoms with van der Waals surface area (Å²) in [4.78, 5) is 6.82. The fraction of sp³-hybridized carbons (Fsp3) is 0.846. The van der Waals surface area contributed by atoms with Crippen LogP contribution in [0.1, 0.15) is 33.0 Å². The van der Waals surface area contributed by atoms with Crippen molar-refractivity contribution in [2.24, 2.45) is 11.8 Å². The van der Waals surface area contributed by atoms with Gasteiger partial charge in [-0.1, -0.05) is 20.8 Å². The molecule has 0 N–H and O–H groups in total. The van der Waals surface area contributed by atoms with E-state index in [4.69, 9.17) is 11.6 Å². The van der Waals surface area contributed by atoms with Crippen LogP contribution in [-0.2, 0) is 13.1 Å². The van der Waals surface area contributed by atoms with Crippen LogP contribution in [0.3, 0.4) is 0 Å². The van der Waals surface area contributed by atoms with Crippen LogP contribution in [0.5, 0.6) is 0 Å². The molecule has 1 aromatic heterocycles. The molecule has 18 heavy (non-hydrogen) atoms. The molecule has 4 nitrogen and oxygen atoms in total. The van der Waals surface area contributed by atoms with Crippen molar-refractivity contribution in [3.63, 3.8) is 0 Å². The predicted molar refractivity (Wildman–Crippen MR) is 73.6 cm³/mol. The van der Waals surface area contributed by atoms with Gasteiger partial charge in [-0.15, -0.1) is 11.6 Å². The van der Waals surface area contributed by atoms with Gasteiger partial charge in [0.1, 0.15) is 12.2 Å². The average molecular weight is 271 g/mol. The first kappa shape index (κ1) is 13.8. The van der Waals surface area contributed by atoms with E-state index in [0.29, 0.717) is 17.2 Å². The Morgan fingerprint density at radius 2 is 2.28 bits per heavy atom. The molecule has 1 fully saturated rings. The fourth-order valence-electron chi connectivity index (χ4n) is 2.46. The van der Waals surface area contributed by atoms with Gasteiger partial charge in [0.25, 0.3) is 0 Å². The zero-order valence-corrected chi connectivity index (χ0v) is 12.3. The molecule has 0 saturated carbocycles. The molecule has 2 rings (SSSR count). The fourth-order valence-corrected chi connectivity index (χ4v) is 2.63. The Morgan fingerprint density at radius 1 is 1.50 bits per heavy atom. The van der Waals surface area contributed by atoms with Gasteiger partial charge >= 0.3 is 0 Å². The van der Waals surface area contributed by atoms with Gasteiger partial charge < -0.3 is 0 Å². The largest absolute Gasteiger partial charge is 0.296 e. The van der Waals surface area contributed by atoms with Crippen LogP contribution in [0.25, 0.3) is 0 Å². The lowest BCUT2D eigenvalue weighted by atomic mass is 10.00. The van der Waals surface area contributed by atoms with Crippen molar-refractivity contribution >= 4 is 11.6 Å². The van der Waals surface area contributed by atoms with Crippen molar-refractivity contribution in [1.82, 2.24) is 19.7 Å². The monoisotopic (exact) mass is 270 g/mol. The van der Waals surface area contributed by atoms with E-state index < -0.39 is 0 Å². The summed E-state index contributed by atoms with van der Waals surface area (Å²) in [5.74, 6) is 2.23. The molecule has 5 heteroatoms. The summed E-state index contributed by atoms with van der Waals surface area (Å²) in [6.07, 6.45) is 2.73. The van der Waals surface area contributed by atoms with E-state index >= 15 is 0 Å². The lowest BCUT2D eigenvalue weighted by Crippen LogP contribution is -2.40. The molecule has 2 atom stereocenters. The van der Waals surface area contributed by atoms with Crippen molar-refractivity contribution in [2.75, 3.05) is 13.1 Å². The number of piperidine rings is 1. The lowest BCUT2D eigenvalue weighted by Gasteiger charge is -2.33. The first-order valence-corrected chi connectivity index (χ1v) is 7.23. The second kappa shape index (κ2) is 6.02. The van der Waals surface area contributed by atoms with Crippen molar-refractivity contribution in [3.8, 4) is 0 Å². The Morgan fingerprint density at radius 3 is 2.94 bits per heavy atom. The van der Waals surface area contributed by atoms with Crippen LogP contribution in [0, 0.1) is 11.8 Å². The van der Waals surface area contributed by atoms with Crippen molar-refractivity contribution < 1.29 is 0 Å². The molecule has 0 radical (unpaired) electrons. The number of alkyl halides is 1. The van der Waals surface area contributed by atoms with Gasteiger partial charge in [0.05, 0.1) is 6.54 Å². The molecule has 1 aliphatic heterocycles. The molecule has 0 amide bonds. The number of hydrogen-bond acceptors (Lipinski definition) is 3. The molecular weight excluding hydrogens is 248 g/mol. The van der Waals surface area contributed by atoms with Gasteiger partial charge in [-0.05, 0) is 18.3 Å². The molecular formula is C13H23ClN4. The Hall–Kier alpha value is -0.610. The Balaban J connectivity index is 1.95. The number of rotatable bonds is 4. The van der Waals surface area contributed by atoms with E-state index in [9.17, 15) is 0 Å². The zero-order chi connectivity index (χ0) is 13.1. The number of likely N-dealkylation sites (tertiary alicyclic amines) is 1. The third kappa shape index (κ3) is 3.45. The second-order valence-corrected chi connectivity index (χ2v) is 6.33. The minimum absolute atomic E-state index is 0.329. The van der Waals surface area contributed by atoms with Gasteiger partial charge in [0.2, 0.25) is 0 Å².